The van der Waals surface area contributed by atoms with Gasteiger partial charge in [-0.05, 0) is 56.8 Å². The van der Waals surface area contributed by atoms with Crippen LogP contribution >= 0.6 is 0 Å². The van der Waals surface area contributed by atoms with Crippen molar-refractivity contribution >= 4 is 5.96 Å². The summed E-state index contributed by atoms with van der Waals surface area (Å²) >= 11 is 0. The Balaban J connectivity index is 1.54. The highest BCUT2D eigenvalue weighted by Gasteiger charge is 2.44. The average Bonchev–Trinajstić information content (AvgIpc) is 3.21. The molecule has 1 heterocycles. The molecule has 1 saturated carbocycles. The van der Waals surface area contributed by atoms with Crippen LogP contribution < -0.4 is 11.1 Å². The number of nitrogens with one attached hydrogen (secondary N) is 1. The van der Waals surface area contributed by atoms with E-state index in [0.717, 1.165) is 19.6 Å². The molecule has 4 nitrogen and oxygen atoms in total. The predicted octanol–water partition coefficient (Wildman–Crippen LogP) is 2.42. The van der Waals surface area contributed by atoms with Crippen molar-refractivity contribution in [2.24, 2.45) is 10.7 Å². The predicted molar refractivity (Wildman–Crippen MR) is 96.9 cm³/mol. The van der Waals surface area contributed by atoms with Gasteiger partial charge in [0.1, 0.15) is 0 Å². The normalized spacial score (nSPS) is 23.9. The van der Waals surface area contributed by atoms with E-state index in [9.17, 15) is 0 Å². The van der Waals surface area contributed by atoms with Gasteiger partial charge in [0.05, 0.1) is 6.54 Å². The molecule has 1 saturated heterocycles. The SMILES string of the molecule is CCN1CCCC1CNC(N)=NCC1(c2ccccc2C)CC1. The lowest BCUT2D eigenvalue weighted by Crippen LogP contribution is -2.43. The first-order chi connectivity index (χ1) is 11.1. The maximum atomic E-state index is 6.11. The van der Waals surface area contributed by atoms with Crippen LogP contribution in [0, 0.1) is 6.92 Å². The first kappa shape index (κ1) is 16.3. The molecule has 1 unspecified atom stereocenters. The molecule has 4 heteroatoms. The first-order valence-corrected chi connectivity index (χ1v) is 8.98. The second-order valence-corrected chi connectivity index (χ2v) is 7.10. The largest absolute Gasteiger partial charge is 0.370 e. The number of hydrogen-bond donors (Lipinski definition) is 2. The van der Waals surface area contributed by atoms with Gasteiger partial charge in [0.25, 0.3) is 0 Å². The van der Waals surface area contributed by atoms with Crippen molar-refractivity contribution in [1.82, 2.24) is 10.2 Å². The molecule has 0 spiro atoms. The Morgan fingerprint density at radius 2 is 2.17 bits per heavy atom. The molecule has 3 N–H and O–H groups in total. The zero-order valence-electron chi connectivity index (χ0n) is 14.5. The Hall–Kier alpha value is -1.55. The number of likely N-dealkylation sites (N-methyl/N-ethyl adjacent to an activating group) is 1. The molecular formula is C19H30N4. The van der Waals surface area contributed by atoms with Crippen LogP contribution in [0.1, 0.15) is 43.7 Å². The van der Waals surface area contributed by atoms with E-state index in [4.69, 9.17) is 5.73 Å². The van der Waals surface area contributed by atoms with E-state index in [2.05, 4.69) is 53.3 Å². The Labute approximate surface area is 140 Å². The number of guanidine groups is 1. The highest BCUT2D eigenvalue weighted by Crippen LogP contribution is 2.49. The molecule has 3 rings (SSSR count). The molecule has 126 valence electrons. The minimum Gasteiger partial charge on any atom is -0.370 e. The van der Waals surface area contributed by atoms with Crippen molar-refractivity contribution in [2.45, 2.75) is 51.0 Å². The van der Waals surface area contributed by atoms with E-state index in [0.29, 0.717) is 12.0 Å². The Kier molecular flexibility index (Phi) is 4.90. The molecule has 1 aromatic rings. The third-order valence-electron chi connectivity index (χ3n) is 5.55. The fraction of sp³-hybridized carbons (Fsp3) is 0.632. The van der Waals surface area contributed by atoms with Crippen LogP contribution in [0.25, 0.3) is 0 Å². The van der Waals surface area contributed by atoms with Crippen LogP contribution in [-0.2, 0) is 5.41 Å². The lowest BCUT2D eigenvalue weighted by atomic mass is 9.92. The lowest BCUT2D eigenvalue weighted by Gasteiger charge is -2.23. The van der Waals surface area contributed by atoms with E-state index >= 15 is 0 Å². The van der Waals surface area contributed by atoms with Gasteiger partial charge in [0.15, 0.2) is 5.96 Å². The molecule has 0 radical (unpaired) electrons. The summed E-state index contributed by atoms with van der Waals surface area (Å²) in [5, 5.41) is 3.34. The highest BCUT2D eigenvalue weighted by molar-refractivity contribution is 5.78. The number of likely N-dealkylation sites (tertiary alicyclic amines) is 1. The van der Waals surface area contributed by atoms with Gasteiger partial charge in [0.2, 0.25) is 0 Å². The molecule has 0 bridgehead atoms. The minimum absolute atomic E-state index is 0.237. The third kappa shape index (κ3) is 3.69. The summed E-state index contributed by atoms with van der Waals surface area (Å²) in [5.41, 5.74) is 9.17. The molecule has 1 atom stereocenters. The van der Waals surface area contributed by atoms with Crippen LogP contribution in [-0.4, -0.2) is 43.1 Å². The number of rotatable bonds is 6. The van der Waals surface area contributed by atoms with Crippen LogP contribution in [0.4, 0.5) is 0 Å². The quantitative estimate of drug-likeness (QED) is 0.626. The number of aliphatic imine (C=N–C) groups is 1. The van der Waals surface area contributed by atoms with Gasteiger partial charge in [-0.1, -0.05) is 31.2 Å². The molecule has 1 aromatic carbocycles. The van der Waals surface area contributed by atoms with E-state index in [1.165, 1.54) is 43.4 Å². The molecule has 2 aliphatic rings. The maximum Gasteiger partial charge on any atom is 0.188 e. The number of benzene rings is 1. The van der Waals surface area contributed by atoms with Crippen molar-refractivity contribution < 1.29 is 0 Å². The van der Waals surface area contributed by atoms with Crippen molar-refractivity contribution in [1.29, 1.82) is 0 Å². The number of hydrogen-bond acceptors (Lipinski definition) is 2. The lowest BCUT2D eigenvalue weighted by molar-refractivity contribution is 0.267. The summed E-state index contributed by atoms with van der Waals surface area (Å²) < 4.78 is 0. The Bertz CT molecular complexity index is 562. The molecule has 2 fully saturated rings. The Morgan fingerprint density at radius 1 is 1.39 bits per heavy atom. The second-order valence-electron chi connectivity index (χ2n) is 7.10. The standard InChI is InChI=1S/C19H30N4/c1-3-23-12-6-8-16(23)13-21-18(20)22-14-19(10-11-19)17-9-5-4-7-15(17)2/h4-5,7,9,16H,3,6,8,10-14H2,1-2H3,(H3,20,21,22). The van der Waals surface area contributed by atoms with Crippen LogP contribution in [0.3, 0.4) is 0 Å². The van der Waals surface area contributed by atoms with Crippen molar-refractivity contribution in [3.63, 3.8) is 0 Å². The molecule has 1 aliphatic heterocycles. The average molecular weight is 314 g/mol. The number of nitrogens with zero attached hydrogens (tertiary/aromatic N) is 2. The van der Waals surface area contributed by atoms with Crippen LogP contribution in [0.5, 0.6) is 0 Å². The monoisotopic (exact) mass is 314 g/mol. The number of aryl methyl sites for hydroxylation is 1. The molecule has 0 aromatic heterocycles. The first-order valence-electron chi connectivity index (χ1n) is 8.98. The maximum absolute atomic E-state index is 6.11. The fourth-order valence-corrected chi connectivity index (χ4v) is 3.89. The highest BCUT2D eigenvalue weighted by atomic mass is 15.2. The summed E-state index contributed by atoms with van der Waals surface area (Å²) in [5.74, 6) is 0.604. The van der Waals surface area contributed by atoms with Gasteiger partial charge in [-0.2, -0.15) is 0 Å². The van der Waals surface area contributed by atoms with Gasteiger partial charge >= 0.3 is 0 Å². The van der Waals surface area contributed by atoms with E-state index in [1.54, 1.807) is 0 Å². The van der Waals surface area contributed by atoms with Gasteiger partial charge in [-0.3, -0.25) is 9.89 Å². The summed E-state index contributed by atoms with van der Waals surface area (Å²) in [7, 11) is 0. The van der Waals surface area contributed by atoms with Gasteiger partial charge in [0, 0.05) is 18.0 Å². The molecule has 23 heavy (non-hydrogen) atoms. The van der Waals surface area contributed by atoms with Gasteiger partial charge in [-0.15, -0.1) is 0 Å². The zero-order valence-corrected chi connectivity index (χ0v) is 14.5. The van der Waals surface area contributed by atoms with Crippen molar-refractivity contribution in [3.8, 4) is 0 Å². The zero-order chi connectivity index (χ0) is 16.3. The van der Waals surface area contributed by atoms with Gasteiger partial charge < -0.3 is 11.1 Å². The van der Waals surface area contributed by atoms with E-state index in [-0.39, 0.29) is 5.41 Å². The summed E-state index contributed by atoms with van der Waals surface area (Å²) in [6.45, 7) is 8.49. The summed E-state index contributed by atoms with van der Waals surface area (Å²) in [4.78, 5) is 7.18. The third-order valence-corrected chi connectivity index (χ3v) is 5.55. The topological polar surface area (TPSA) is 53.6 Å². The van der Waals surface area contributed by atoms with Gasteiger partial charge in [-0.25, -0.2) is 0 Å². The van der Waals surface area contributed by atoms with Crippen molar-refractivity contribution in [3.05, 3.63) is 35.4 Å². The van der Waals surface area contributed by atoms with Crippen molar-refractivity contribution in [2.75, 3.05) is 26.2 Å². The van der Waals surface area contributed by atoms with Crippen LogP contribution in [0.2, 0.25) is 0 Å². The van der Waals surface area contributed by atoms with Crippen LogP contribution in [0.15, 0.2) is 29.3 Å². The van der Waals surface area contributed by atoms with E-state index in [1.807, 2.05) is 0 Å². The minimum atomic E-state index is 0.237. The Morgan fingerprint density at radius 3 is 2.87 bits per heavy atom. The smallest absolute Gasteiger partial charge is 0.188 e. The fourth-order valence-electron chi connectivity index (χ4n) is 3.89. The molecule has 1 aliphatic carbocycles. The summed E-state index contributed by atoms with van der Waals surface area (Å²) in [6.07, 6.45) is 5.01. The summed E-state index contributed by atoms with van der Waals surface area (Å²) in [6, 6.07) is 9.29. The van der Waals surface area contributed by atoms with E-state index < -0.39 is 0 Å². The number of nitrogens with two attached hydrogens (primary N) is 1. The molecular weight excluding hydrogens is 284 g/mol. The molecule has 0 amide bonds. The second kappa shape index (κ2) is 6.91.